The predicted molar refractivity (Wildman–Crippen MR) is 85.4 cm³/mol. The van der Waals surface area contributed by atoms with Gasteiger partial charge in [-0.1, -0.05) is 0 Å². The van der Waals surface area contributed by atoms with Gasteiger partial charge >= 0.3 is 0 Å². The van der Waals surface area contributed by atoms with Crippen molar-refractivity contribution in [3.8, 4) is 11.4 Å². The van der Waals surface area contributed by atoms with Crippen molar-refractivity contribution in [1.82, 2.24) is 19.9 Å². The summed E-state index contributed by atoms with van der Waals surface area (Å²) in [5.41, 5.74) is 2.09. The highest BCUT2D eigenvalue weighted by atomic mass is 16.5. The van der Waals surface area contributed by atoms with Gasteiger partial charge in [0.25, 0.3) is 0 Å². The minimum absolute atomic E-state index is 0.323. The molecule has 3 aromatic rings. The van der Waals surface area contributed by atoms with Crippen LogP contribution < -0.4 is 10.1 Å². The molecule has 0 radical (unpaired) electrons. The summed E-state index contributed by atoms with van der Waals surface area (Å²) in [5.74, 6) is 0.946. The molecule has 5 nitrogen and oxygen atoms in total. The van der Waals surface area contributed by atoms with Crippen LogP contribution in [0.15, 0.2) is 49.2 Å². The molecule has 0 spiro atoms. The van der Waals surface area contributed by atoms with Gasteiger partial charge in [0, 0.05) is 11.6 Å². The third kappa shape index (κ3) is 2.55. The molecule has 1 aliphatic heterocycles. The van der Waals surface area contributed by atoms with Gasteiger partial charge in [-0.25, -0.2) is 9.97 Å². The van der Waals surface area contributed by atoms with E-state index in [1.165, 1.54) is 0 Å². The molecule has 1 fully saturated rings. The molecule has 0 aliphatic carbocycles. The summed E-state index contributed by atoms with van der Waals surface area (Å²) in [6.07, 6.45) is 9.67. The molecule has 2 aromatic heterocycles. The Morgan fingerprint density at radius 1 is 1.09 bits per heavy atom. The highest BCUT2D eigenvalue weighted by Gasteiger charge is 2.14. The number of piperidine rings is 1. The molecular weight excluding hydrogens is 276 g/mol. The standard InChI is InChI=1S/C17H18N4O/c1-2-17-13(5-8-21(17)14-10-19-12-20-11-14)9-16(1)22-15-3-6-18-7-4-15/h1-2,5,8-12,15,18H,3-4,6-7H2. The Hall–Kier alpha value is -2.40. The van der Waals surface area contributed by atoms with Crippen molar-refractivity contribution >= 4 is 10.9 Å². The van der Waals surface area contributed by atoms with Crippen LogP contribution in [0.3, 0.4) is 0 Å². The SMILES string of the molecule is c1ncc(-n2ccc3cc(OC4CCNCC4)ccc32)cn1. The zero-order chi connectivity index (χ0) is 14.8. The van der Waals surface area contributed by atoms with Gasteiger partial charge in [-0.15, -0.1) is 0 Å². The minimum atomic E-state index is 0.323. The van der Waals surface area contributed by atoms with Crippen LogP contribution in [0.4, 0.5) is 0 Å². The maximum Gasteiger partial charge on any atom is 0.120 e. The van der Waals surface area contributed by atoms with Crippen molar-refractivity contribution in [3.05, 3.63) is 49.2 Å². The van der Waals surface area contributed by atoms with Crippen molar-refractivity contribution < 1.29 is 4.74 Å². The summed E-state index contributed by atoms with van der Waals surface area (Å²) in [4.78, 5) is 8.16. The summed E-state index contributed by atoms with van der Waals surface area (Å²) in [7, 11) is 0. The number of benzene rings is 1. The van der Waals surface area contributed by atoms with Gasteiger partial charge in [-0.05, 0) is 50.2 Å². The Morgan fingerprint density at radius 2 is 1.91 bits per heavy atom. The fourth-order valence-corrected chi connectivity index (χ4v) is 2.94. The average Bonchev–Trinajstić information content (AvgIpc) is 3.00. The lowest BCUT2D eigenvalue weighted by Crippen LogP contribution is -2.34. The first-order valence-electron chi connectivity index (χ1n) is 7.64. The Bertz CT molecular complexity index is 763. The van der Waals surface area contributed by atoms with E-state index in [1.807, 2.05) is 24.7 Å². The summed E-state index contributed by atoms with van der Waals surface area (Å²) in [5, 5.41) is 4.52. The highest BCUT2D eigenvalue weighted by molar-refractivity contribution is 5.83. The molecule has 0 amide bonds. The van der Waals surface area contributed by atoms with Gasteiger partial charge in [0.2, 0.25) is 0 Å². The maximum atomic E-state index is 6.10. The number of nitrogens with one attached hydrogen (secondary N) is 1. The lowest BCUT2D eigenvalue weighted by molar-refractivity contribution is 0.162. The van der Waals surface area contributed by atoms with Crippen LogP contribution >= 0.6 is 0 Å². The average molecular weight is 294 g/mol. The summed E-state index contributed by atoms with van der Waals surface area (Å²) in [6.45, 7) is 2.08. The predicted octanol–water partition coefficient (Wildman–Crippen LogP) is 2.55. The van der Waals surface area contributed by atoms with Gasteiger partial charge in [-0.2, -0.15) is 0 Å². The van der Waals surface area contributed by atoms with E-state index in [9.17, 15) is 0 Å². The Balaban J connectivity index is 1.62. The molecule has 5 heteroatoms. The largest absolute Gasteiger partial charge is 0.490 e. The van der Waals surface area contributed by atoms with E-state index >= 15 is 0 Å². The van der Waals surface area contributed by atoms with Gasteiger partial charge in [0.15, 0.2) is 0 Å². The second-order valence-electron chi connectivity index (χ2n) is 5.57. The maximum absolute atomic E-state index is 6.10. The molecule has 0 atom stereocenters. The van der Waals surface area contributed by atoms with Crippen LogP contribution in [-0.2, 0) is 0 Å². The third-order valence-electron chi connectivity index (χ3n) is 4.08. The van der Waals surface area contributed by atoms with E-state index < -0.39 is 0 Å². The van der Waals surface area contributed by atoms with Crippen LogP contribution in [0.2, 0.25) is 0 Å². The topological polar surface area (TPSA) is 52.0 Å². The monoisotopic (exact) mass is 294 g/mol. The van der Waals surface area contributed by atoms with Gasteiger partial charge in [0.05, 0.1) is 23.6 Å². The molecular formula is C17H18N4O. The van der Waals surface area contributed by atoms with Crippen molar-refractivity contribution in [3.63, 3.8) is 0 Å². The molecule has 1 saturated heterocycles. The van der Waals surface area contributed by atoms with Crippen molar-refractivity contribution in [2.24, 2.45) is 0 Å². The number of rotatable bonds is 3. The Kier molecular flexibility index (Phi) is 3.48. The van der Waals surface area contributed by atoms with Crippen molar-refractivity contribution in [2.75, 3.05) is 13.1 Å². The van der Waals surface area contributed by atoms with E-state index in [4.69, 9.17) is 4.74 Å². The molecule has 1 aromatic carbocycles. The molecule has 1 N–H and O–H groups in total. The molecule has 22 heavy (non-hydrogen) atoms. The number of nitrogens with zero attached hydrogens (tertiary/aromatic N) is 3. The Morgan fingerprint density at radius 3 is 2.73 bits per heavy atom. The first kappa shape index (κ1) is 13.3. The van der Waals surface area contributed by atoms with Crippen molar-refractivity contribution in [1.29, 1.82) is 0 Å². The van der Waals surface area contributed by atoms with Gasteiger partial charge < -0.3 is 14.6 Å². The van der Waals surface area contributed by atoms with E-state index in [-0.39, 0.29) is 0 Å². The lowest BCUT2D eigenvalue weighted by Gasteiger charge is -2.23. The number of fused-ring (bicyclic) bond motifs is 1. The van der Waals surface area contributed by atoms with Crippen LogP contribution in [0.25, 0.3) is 16.6 Å². The second-order valence-corrected chi connectivity index (χ2v) is 5.57. The molecule has 1 aliphatic rings. The van der Waals surface area contributed by atoms with Crippen LogP contribution in [0, 0.1) is 0 Å². The molecule has 3 heterocycles. The first-order valence-corrected chi connectivity index (χ1v) is 7.64. The lowest BCUT2D eigenvalue weighted by atomic mass is 10.1. The number of hydrogen-bond acceptors (Lipinski definition) is 4. The fourth-order valence-electron chi connectivity index (χ4n) is 2.94. The summed E-state index contributed by atoms with van der Waals surface area (Å²) < 4.78 is 8.19. The van der Waals surface area contributed by atoms with E-state index in [0.29, 0.717) is 6.10 Å². The van der Waals surface area contributed by atoms with E-state index in [1.54, 1.807) is 6.33 Å². The molecule has 112 valence electrons. The number of ether oxygens (including phenoxy) is 1. The smallest absolute Gasteiger partial charge is 0.120 e. The normalized spacial score (nSPS) is 16.0. The van der Waals surface area contributed by atoms with E-state index in [0.717, 1.165) is 48.3 Å². The molecule has 0 bridgehead atoms. The highest BCUT2D eigenvalue weighted by Crippen LogP contribution is 2.25. The fraction of sp³-hybridized carbons (Fsp3) is 0.294. The molecule has 0 saturated carbocycles. The van der Waals surface area contributed by atoms with Crippen LogP contribution in [0.5, 0.6) is 5.75 Å². The zero-order valence-corrected chi connectivity index (χ0v) is 12.3. The number of hydrogen-bond donors (Lipinski definition) is 1. The quantitative estimate of drug-likeness (QED) is 0.806. The van der Waals surface area contributed by atoms with Crippen molar-refractivity contribution in [2.45, 2.75) is 18.9 Å². The Labute approximate surface area is 129 Å². The molecule has 4 rings (SSSR count). The van der Waals surface area contributed by atoms with Crippen LogP contribution in [-0.4, -0.2) is 33.7 Å². The number of aromatic nitrogens is 3. The van der Waals surface area contributed by atoms with Gasteiger partial charge in [-0.3, -0.25) is 0 Å². The second kappa shape index (κ2) is 5.77. The minimum Gasteiger partial charge on any atom is -0.490 e. The zero-order valence-electron chi connectivity index (χ0n) is 12.3. The molecule has 0 unspecified atom stereocenters. The summed E-state index contributed by atoms with van der Waals surface area (Å²) in [6, 6.07) is 8.35. The third-order valence-corrected chi connectivity index (χ3v) is 4.08. The summed E-state index contributed by atoms with van der Waals surface area (Å²) >= 11 is 0. The first-order chi connectivity index (χ1) is 10.9. The van der Waals surface area contributed by atoms with Crippen LogP contribution in [0.1, 0.15) is 12.8 Å². The van der Waals surface area contributed by atoms with E-state index in [2.05, 4.69) is 38.1 Å². The van der Waals surface area contributed by atoms with Gasteiger partial charge in [0.1, 0.15) is 18.2 Å².